The predicted octanol–water partition coefficient (Wildman–Crippen LogP) is 14.8. The fraction of sp³-hybridized carbons (Fsp3) is 0.167. The van der Waals surface area contributed by atoms with Crippen LogP contribution in [0.2, 0.25) is 0 Å². The van der Waals surface area contributed by atoms with Gasteiger partial charge in [0.15, 0.2) is 0 Å². The van der Waals surface area contributed by atoms with E-state index < -0.39 is 0 Å². The van der Waals surface area contributed by atoms with E-state index in [1.807, 2.05) is 30.3 Å². The normalized spacial score (nSPS) is 11.3. The standard InChI is InChI=1S/C60H50O15/c1-61-31-11-32(62-2)17-41(16-31)71-51-26-47-53(73-43-20-35(65-5)13-36(21-43)66-6)28-49-55(75-45-24-39(69-9)15-40(25-45)70-10)30-50-54(74-44-22-37(67-7)14-38(23-44)68-8)29-48-52(72-42-18-33(63-3)12-34(19-42)64-4)27-46(51)56-57(47)59(49)60(50)58(48)56/h11-30H,1-10H3. The molecule has 11 aromatic rings. The maximum atomic E-state index is 7.01. The van der Waals surface area contributed by atoms with E-state index in [1.165, 1.54) is 0 Å². The average Bonchev–Trinajstić information content (AvgIpc) is 3.83. The molecule has 0 bridgehead atoms. The van der Waals surface area contributed by atoms with Gasteiger partial charge < -0.3 is 71.1 Å². The van der Waals surface area contributed by atoms with Gasteiger partial charge in [-0.3, -0.25) is 0 Å². The SMILES string of the molecule is COc1cc(OC)cc(Oc2cc3c(Oc4cc(OC)cc(OC)c4)cc4c(Oc5cc(OC)cc(OC)c5)cc5c(Oc6cc(OC)cc(OC)c6)cc6c(Oc7cc(OC)cc(OC)c7)cc2c2c6c5c4c32)c1. The van der Waals surface area contributed by atoms with Crippen molar-refractivity contribution in [3.05, 3.63) is 121 Å². The third kappa shape index (κ3) is 8.67. The van der Waals surface area contributed by atoms with Crippen molar-refractivity contribution in [3.63, 3.8) is 0 Å². The molecule has 0 heterocycles. The quantitative estimate of drug-likeness (QED) is 0.0669. The average molecular weight is 1010 g/mol. The molecule has 0 amide bonds. The monoisotopic (exact) mass is 1010 g/mol. The highest BCUT2D eigenvalue weighted by molar-refractivity contribution is 6.47. The van der Waals surface area contributed by atoms with Crippen LogP contribution in [-0.2, 0) is 0 Å². The molecule has 0 aliphatic rings. The number of methoxy groups -OCH3 is 10. The molecule has 0 saturated carbocycles. The zero-order valence-electron chi connectivity index (χ0n) is 42.7. The highest BCUT2D eigenvalue weighted by Crippen LogP contribution is 2.59. The Labute approximate surface area is 430 Å². The molecule has 0 atom stereocenters. The van der Waals surface area contributed by atoms with Gasteiger partial charge in [-0.15, -0.1) is 0 Å². The Morgan fingerprint density at radius 3 is 0.400 bits per heavy atom. The Morgan fingerprint density at radius 2 is 0.280 bits per heavy atom. The fourth-order valence-corrected chi connectivity index (χ4v) is 9.61. The molecule has 11 aromatic carbocycles. The lowest BCUT2D eigenvalue weighted by Crippen LogP contribution is -1.95. The zero-order valence-corrected chi connectivity index (χ0v) is 42.7. The Kier molecular flexibility index (Phi) is 12.4. The van der Waals surface area contributed by atoms with Crippen molar-refractivity contribution in [1.82, 2.24) is 0 Å². The van der Waals surface area contributed by atoms with E-state index in [-0.39, 0.29) is 0 Å². The van der Waals surface area contributed by atoms with Crippen molar-refractivity contribution in [2.24, 2.45) is 0 Å². The van der Waals surface area contributed by atoms with Crippen LogP contribution in [0.3, 0.4) is 0 Å². The third-order valence-corrected chi connectivity index (χ3v) is 13.1. The van der Waals surface area contributed by atoms with Crippen LogP contribution < -0.4 is 71.1 Å². The summed E-state index contributed by atoms with van der Waals surface area (Å²) >= 11 is 0. The Hall–Kier alpha value is -9.50. The van der Waals surface area contributed by atoms with E-state index in [9.17, 15) is 0 Å². The summed E-state index contributed by atoms with van der Waals surface area (Å²) in [6, 6.07) is 36.7. The van der Waals surface area contributed by atoms with E-state index >= 15 is 0 Å². The smallest absolute Gasteiger partial charge is 0.136 e. The molecule has 0 spiro atoms. The number of ether oxygens (including phenoxy) is 15. The lowest BCUT2D eigenvalue weighted by atomic mass is 9.97. The van der Waals surface area contributed by atoms with Gasteiger partial charge in [-0.2, -0.15) is 0 Å². The van der Waals surface area contributed by atoms with Crippen molar-refractivity contribution >= 4 is 53.9 Å². The first kappa shape index (κ1) is 47.8. The minimum absolute atomic E-state index is 0.455. The predicted molar refractivity (Wildman–Crippen MR) is 286 cm³/mol. The number of hydrogen-bond acceptors (Lipinski definition) is 15. The molecule has 15 heteroatoms. The van der Waals surface area contributed by atoms with Crippen molar-refractivity contribution < 1.29 is 71.1 Å². The van der Waals surface area contributed by atoms with Gasteiger partial charge >= 0.3 is 0 Å². The second-order valence-corrected chi connectivity index (χ2v) is 17.2. The molecule has 0 saturated heterocycles. The maximum Gasteiger partial charge on any atom is 0.136 e. The summed E-state index contributed by atoms with van der Waals surface area (Å²) in [4.78, 5) is 0. The van der Waals surface area contributed by atoms with Gasteiger partial charge in [0.25, 0.3) is 0 Å². The van der Waals surface area contributed by atoms with Gasteiger partial charge in [0.1, 0.15) is 115 Å². The van der Waals surface area contributed by atoms with Gasteiger partial charge in [-0.1, -0.05) is 0 Å². The highest BCUT2D eigenvalue weighted by Gasteiger charge is 2.31. The molecule has 0 aliphatic carbocycles. The molecular formula is C60H50O15. The Bertz CT molecular complexity index is 3180. The summed E-state index contributed by atoms with van der Waals surface area (Å²) in [7, 11) is 15.9. The van der Waals surface area contributed by atoms with E-state index in [2.05, 4.69) is 0 Å². The third-order valence-electron chi connectivity index (χ3n) is 13.1. The molecule has 0 aliphatic heterocycles. The molecule has 15 nitrogen and oxygen atoms in total. The van der Waals surface area contributed by atoms with E-state index in [4.69, 9.17) is 71.1 Å². The largest absolute Gasteiger partial charge is 0.496 e. The minimum Gasteiger partial charge on any atom is -0.496 e. The number of benzene rings is 10. The highest BCUT2D eigenvalue weighted by atomic mass is 16.5. The van der Waals surface area contributed by atoms with Crippen molar-refractivity contribution in [1.29, 1.82) is 0 Å². The van der Waals surface area contributed by atoms with Gasteiger partial charge in [0.05, 0.1) is 71.1 Å². The van der Waals surface area contributed by atoms with E-state index in [0.717, 1.165) is 26.9 Å². The topological polar surface area (TPSA) is 138 Å². The van der Waals surface area contributed by atoms with Gasteiger partial charge in [-0.25, -0.2) is 0 Å². The van der Waals surface area contributed by atoms with Crippen LogP contribution in [0, 0.1) is 0 Å². The van der Waals surface area contributed by atoms with Crippen molar-refractivity contribution in [3.8, 4) is 115 Å². The first-order valence-corrected chi connectivity index (χ1v) is 23.5. The minimum atomic E-state index is 0.455. The van der Waals surface area contributed by atoms with Crippen LogP contribution in [0.25, 0.3) is 53.9 Å². The van der Waals surface area contributed by atoms with Crippen LogP contribution >= 0.6 is 0 Å². The molecule has 0 N–H and O–H groups in total. The summed E-state index contributed by atoms with van der Waals surface area (Å²) < 4.78 is 92.0. The van der Waals surface area contributed by atoms with Crippen LogP contribution in [-0.4, -0.2) is 71.1 Å². The van der Waals surface area contributed by atoms with E-state index in [1.54, 1.807) is 162 Å². The Morgan fingerprint density at radius 1 is 0.160 bits per heavy atom. The lowest BCUT2D eigenvalue weighted by Gasteiger charge is -2.18. The van der Waals surface area contributed by atoms with Crippen LogP contribution in [0.1, 0.15) is 0 Å². The van der Waals surface area contributed by atoms with Crippen LogP contribution in [0.4, 0.5) is 0 Å². The number of rotatable bonds is 20. The summed E-state index contributed by atoms with van der Waals surface area (Å²) in [6.07, 6.45) is 0. The molecule has 380 valence electrons. The van der Waals surface area contributed by atoms with Gasteiger partial charge in [0, 0.05) is 145 Å². The van der Waals surface area contributed by atoms with Crippen molar-refractivity contribution in [2.45, 2.75) is 0 Å². The molecular weight excluding hydrogens is 961 g/mol. The van der Waals surface area contributed by atoms with Gasteiger partial charge in [-0.05, 0) is 30.3 Å². The molecule has 0 fully saturated rings. The molecule has 0 aromatic heterocycles. The molecule has 75 heavy (non-hydrogen) atoms. The summed E-state index contributed by atoms with van der Waals surface area (Å²) in [5.41, 5.74) is 0. The summed E-state index contributed by atoms with van der Waals surface area (Å²) in [5.74, 6) is 10.0. The number of hydrogen-bond donors (Lipinski definition) is 0. The lowest BCUT2D eigenvalue weighted by molar-refractivity contribution is 0.386. The molecule has 0 radical (unpaired) electrons. The maximum absolute atomic E-state index is 7.01. The van der Waals surface area contributed by atoms with E-state index in [0.29, 0.717) is 142 Å². The van der Waals surface area contributed by atoms with Crippen molar-refractivity contribution in [2.75, 3.05) is 71.1 Å². The molecule has 0 unspecified atom stereocenters. The molecule has 11 rings (SSSR count). The van der Waals surface area contributed by atoms with Gasteiger partial charge in [0.2, 0.25) is 0 Å². The summed E-state index contributed by atoms with van der Waals surface area (Å²) in [5, 5.41) is 7.86. The first-order valence-electron chi connectivity index (χ1n) is 23.5. The Balaban J connectivity index is 1.28. The zero-order chi connectivity index (χ0) is 52.1. The second-order valence-electron chi connectivity index (χ2n) is 17.2. The van der Waals surface area contributed by atoms with Crippen LogP contribution in [0.15, 0.2) is 121 Å². The van der Waals surface area contributed by atoms with Crippen LogP contribution in [0.5, 0.6) is 115 Å². The summed E-state index contributed by atoms with van der Waals surface area (Å²) in [6.45, 7) is 0. The first-order chi connectivity index (χ1) is 36.6. The second kappa shape index (κ2) is 19.5. The fourth-order valence-electron chi connectivity index (χ4n) is 9.61.